The van der Waals surface area contributed by atoms with Gasteiger partial charge in [0.25, 0.3) is 0 Å². The fourth-order valence-electron chi connectivity index (χ4n) is 3.64. The number of amides is 2. The highest BCUT2D eigenvalue weighted by atomic mass is 79.9. The highest BCUT2D eigenvalue weighted by Crippen LogP contribution is 2.23. The third-order valence-electron chi connectivity index (χ3n) is 5.48. The Balaban J connectivity index is 1.81. The largest absolute Gasteiger partial charge is 0.354 e. The summed E-state index contributed by atoms with van der Waals surface area (Å²) in [5.74, 6) is 0.458. The average Bonchev–Trinajstić information content (AvgIpc) is 2.87. The molecule has 0 bridgehead atoms. The second-order valence-electron chi connectivity index (χ2n) is 8.20. The van der Waals surface area contributed by atoms with E-state index in [0.717, 1.165) is 26.9 Å². The molecule has 3 rings (SSSR count). The zero-order valence-electron chi connectivity index (χ0n) is 19.8. The van der Waals surface area contributed by atoms with Crippen molar-refractivity contribution < 1.29 is 9.59 Å². The van der Waals surface area contributed by atoms with Crippen LogP contribution in [0.3, 0.4) is 0 Å². The van der Waals surface area contributed by atoms with Gasteiger partial charge in [-0.15, -0.1) is 11.8 Å². The van der Waals surface area contributed by atoms with Crippen molar-refractivity contribution >= 4 is 51.1 Å². The molecule has 0 aliphatic carbocycles. The second kappa shape index (κ2) is 14.3. The minimum absolute atomic E-state index is 0.0399. The summed E-state index contributed by atoms with van der Waals surface area (Å²) in [6.07, 6.45) is 1.63. The summed E-state index contributed by atoms with van der Waals surface area (Å²) in [6.45, 7) is 2.97. The molecule has 0 fully saturated rings. The van der Waals surface area contributed by atoms with Gasteiger partial charge < -0.3 is 10.2 Å². The second-order valence-corrected chi connectivity index (χ2v) is 10.7. The highest BCUT2D eigenvalue weighted by Gasteiger charge is 2.30. The molecule has 0 aliphatic heterocycles. The molecule has 0 heterocycles. The lowest BCUT2D eigenvalue weighted by atomic mass is 10.0. The monoisotopic (exact) mass is 572 g/mol. The first-order valence-corrected chi connectivity index (χ1v) is 13.9. The predicted molar refractivity (Wildman–Crippen MR) is 149 cm³/mol. The first kappa shape index (κ1) is 27.3. The molecule has 35 heavy (non-hydrogen) atoms. The van der Waals surface area contributed by atoms with Crippen LogP contribution in [0.15, 0.2) is 88.2 Å². The van der Waals surface area contributed by atoms with Crippen molar-refractivity contribution in [1.29, 1.82) is 0 Å². The lowest BCUT2D eigenvalue weighted by molar-refractivity contribution is -0.141. The quantitative estimate of drug-likeness (QED) is 0.244. The Morgan fingerprint density at radius 3 is 2.31 bits per heavy atom. The van der Waals surface area contributed by atoms with Crippen LogP contribution in [0.5, 0.6) is 0 Å². The van der Waals surface area contributed by atoms with E-state index in [2.05, 4.69) is 21.2 Å². The molecule has 3 aromatic carbocycles. The molecule has 7 heteroatoms. The fraction of sp³-hybridized carbons (Fsp3) is 0.286. The maximum atomic E-state index is 13.6. The number of carbonyl (C=O) groups is 2. The van der Waals surface area contributed by atoms with Crippen LogP contribution in [0, 0.1) is 0 Å². The lowest BCUT2D eigenvalue weighted by Crippen LogP contribution is -2.50. The number of hydrogen-bond donors (Lipinski definition) is 1. The van der Waals surface area contributed by atoms with Gasteiger partial charge in [0.1, 0.15) is 6.04 Å². The topological polar surface area (TPSA) is 49.4 Å². The van der Waals surface area contributed by atoms with E-state index in [-0.39, 0.29) is 11.8 Å². The van der Waals surface area contributed by atoms with E-state index in [1.807, 2.05) is 85.8 Å². The first-order valence-electron chi connectivity index (χ1n) is 11.7. The van der Waals surface area contributed by atoms with Crippen molar-refractivity contribution in [2.75, 3.05) is 12.3 Å². The predicted octanol–water partition coefficient (Wildman–Crippen LogP) is 6.75. The van der Waals surface area contributed by atoms with Crippen molar-refractivity contribution in [3.8, 4) is 0 Å². The molecule has 3 aromatic rings. The van der Waals surface area contributed by atoms with Crippen molar-refractivity contribution in [3.05, 3.63) is 99.5 Å². The Labute approximate surface area is 225 Å². The molecule has 0 aliphatic rings. The molecule has 0 saturated heterocycles. The molecule has 0 unspecified atom stereocenters. The zero-order chi connectivity index (χ0) is 25.0. The van der Waals surface area contributed by atoms with Crippen molar-refractivity contribution in [1.82, 2.24) is 10.2 Å². The standard InChI is InChI=1S/C28H30BrClN2O2S/c1-2-17-31-28(34)26(19-21-6-4-3-5-7-21)32(20-22-8-10-23(29)11-9-22)27(33)16-18-35-25-14-12-24(30)13-15-25/h3-15,26H,2,16-20H2,1H3,(H,31,34)/t26-/m1/s1. The molecule has 1 N–H and O–H groups in total. The van der Waals surface area contributed by atoms with Gasteiger partial charge in [-0.3, -0.25) is 9.59 Å². The van der Waals surface area contributed by atoms with E-state index < -0.39 is 6.04 Å². The van der Waals surface area contributed by atoms with Crippen molar-refractivity contribution in [2.24, 2.45) is 0 Å². The van der Waals surface area contributed by atoms with E-state index >= 15 is 0 Å². The number of rotatable bonds is 12. The van der Waals surface area contributed by atoms with Crippen LogP contribution in [-0.4, -0.2) is 35.1 Å². The molecule has 1 atom stereocenters. The van der Waals surface area contributed by atoms with Crippen LogP contribution >= 0.6 is 39.3 Å². The van der Waals surface area contributed by atoms with E-state index in [1.165, 1.54) is 0 Å². The van der Waals surface area contributed by atoms with Crippen LogP contribution in [0.4, 0.5) is 0 Å². The van der Waals surface area contributed by atoms with Crippen molar-refractivity contribution in [3.63, 3.8) is 0 Å². The van der Waals surface area contributed by atoms with E-state index in [9.17, 15) is 9.59 Å². The summed E-state index contributed by atoms with van der Waals surface area (Å²) in [5.41, 5.74) is 2.00. The van der Waals surface area contributed by atoms with Gasteiger partial charge in [-0.05, 0) is 53.9 Å². The Morgan fingerprint density at radius 2 is 1.66 bits per heavy atom. The molecular weight excluding hydrogens is 544 g/mol. The number of benzene rings is 3. The Bertz CT molecular complexity index is 1080. The maximum Gasteiger partial charge on any atom is 0.243 e. The summed E-state index contributed by atoms with van der Waals surface area (Å²) in [6, 6.07) is 24.7. The molecule has 0 saturated carbocycles. The summed E-state index contributed by atoms with van der Waals surface area (Å²) < 4.78 is 0.972. The Hall–Kier alpha value is -2.28. The normalized spacial score (nSPS) is 11.6. The van der Waals surface area contributed by atoms with Gasteiger partial charge >= 0.3 is 0 Å². The Morgan fingerprint density at radius 1 is 0.971 bits per heavy atom. The molecule has 0 spiro atoms. The third-order valence-corrected chi connectivity index (χ3v) is 7.28. The fourth-order valence-corrected chi connectivity index (χ4v) is 4.87. The number of hydrogen-bond acceptors (Lipinski definition) is 3. The molecule has 0 aromatic heterocycles. The minimum Gasteiger partial charge on any atom is -0.354 e. The van der Waals surface area contributed by atoms with Crippen LogP contribution < -0.4 is 5.32 Å². The minimum atomic E-state index is -0.597. The Kier molecular flexibility index (Phi) is 11.2. The lowest BCUT2D eigenvalue weighted by Gasteiger charge is -2.31. The third kappa shape index (κ3) is 9.02. The first-order chi connectivity index (χ1) is 17.0. The number of nitrogens with zero attached hydrogens (tertiary/aromatic N) is 1. The molecule has 0 radical (unpaired) electrons. The van der Waals surface area contributed by atoms with Gasteiger partial charge in [-0.1, -0.05) is 76.9 Å². The summed E-state index contributed by atoms with van der Waals surface area (Å²) in [5, 5.41) is 3.70. The summed E-state index contributed by atoms with van der Waals surface area (Å²) in [7, 11) is 0. The molecule has 184 valence electrons. The van der Waals surface area contributed by atoms with Gasteiger partial charge in [0.2, 0.25) is 11.8 Å². The smallest absolute Gasteiger partial charge is 0.243 e. The maximum absolute atomic E-state index is 13.6. The van der Waals surface area contributed by atoms with E-state index in [4.69, 9.17) is 11.6 Å². The van der Waals surface area contributed by atoms with Gasteiger partial charge in [-0.25, -0.2) is 0 Å². The molecule has 4 nitrogen and oxygen atoms in total. The van der Waals surface area contributed by atoms with Gasteiger partial charge in [-0.2, -0.15) is 0 Å². The van der Waals surface area contributed by atoms with Crippen LogP contribution in [0.1, 0.15) is 30.9 Å². The summed E-state index contributed by atoms with van der Waals surface area (Å²) >= 11 is 11.1. The van der Waals surface area contributed by atoms with E-state index in [1.54, 1.807) is 16.7 Å². The van der Waals surface area contributed by atoms with Gasteiger partial charge in [0, 0.05) is 46.1 Å². The van der Waals surface area contributed by atoms with Crippen LogP contribution in [0.2, 0.25) is 5.02 Å². The number of halogens is 2. The number of nitrogens with one attached hydrogen (secondary N) is 1. The van der Waals surface area contributed by atoms with Gasteiger partial charge in [0.05, 0.1) is 0 Å². The van der Waals surface area contributed by atoms with Crippen LogP contribution in [0.25, 0.3) is 0 Å². The number of carbonyl (C=O) groups excluding carboxylic acids is 2. The SMILES string of the molecule is CCCNC(=O)[C@@H](Cc1ccccc1)N(Cc1ccc(Br)cc1)C(=O)CCSc1ccc(Cl)cc1. The van der Waals surface area contributed by atoms with Crippen LogP contribution in [-0.2, 0) is 22.6 Å². The van der Waals surface area contributed by atoms with Gasteiger partial charge in [0.15, 0.2) is 0 Å². The highest BCUT2D eigenvalue weighted by molar-refractivity contribution is 9.10. The molecular formula is C28H30BrClN2O2S. The number of thioether (sulfide) groups is 1. The zero-order valence-corrected chi connectivity index (χ0v) is 22.9. The van der Waals surface area contributed by atoms with Crippen molar-refractivity contribution in [2.45, 2.75) is 43.7 Å². The molecule has 2 amide bonds. The average molecular weight is 574 g/mol. The van der Waals surface area contributed by atoms with E-state index in [0.29, 0.717) is 36.7 Å². The summed E-state index contributed by atoms with van der Waals surface area (Å²) in [4.78, 5) is 29.7.